The first kappa shape index (κ1) is 23.0. The fourth-order valence-corrected chi connectivity index (χ4v) is 4.53. The van der Waals surface area contributed by atoms with Crippen molar-refractivity contribution in [1.82, 2.24) is 0 Å². The standard InChI is InChI=1S/C26H18ClF2NO2S/c1-30(21-11-7-19(27)8-12-21)20-9-5-17(6-10-20)26(31)18-3-2-4-22(15-18)33(32)23-13-14-24(28)25(29)16-23/h2-16H,1H3. The van der Waals surface area contributed by atoms with E-state index >= 15 is 0 Å². The summed E-state index contributed by atoms with van der Waals surface area (Å²) in [5, 5.41) is 0.654. The molecule has 0 radical (unpaired) electrons. The van der Waals surface area contributed by atoms with Crippen LogP contribution in [0.2, 0.25) is 5.02 Å². The van der Waals surface area contributed by atoms with E-state index in [2.05, 4.69) is 0 Å². The molecule has 0 aliphatic rings. The molecule has 0 aromatic heterocycles. The number of hydrogen-bond acceptors (Lipinski definition) is 3. The highest BCUT2D eigenvalue weighted by atomic mass is 35.5. The number of nitrogens with zero attached hydrogens (tertiary/aromatic N) is 1. The molecule has 3 nitrogen and oxygen atoms in total. The zero-order chi connectivity index (χ0) is 23.5. The number of benzene rings is 4. The van der Waals surface area contributed by atoms with Crippen molar-refractivity contribution in [2.75, 3.05) is 11.9 Å². The van der Waals surface area contributed by atoms with Crippen LogP contribution >= 0.6 is 11.6 Å². The van der Waals surface area contributed by atoms with Crippen molar-refractivity contribution in [1.29, 1.82) is 0 Å². The molecular weight excluding hydrogens is 464 g/mol. The van der Waals surface area contributed by atoms with Crippen LogP contribution in [0.3, 0.4) is 0 Å². The predicted molar refractivity (Wildman–Crippen MR) is 127 cm³/mol. The van der Waals surface area contributed by atoms with Crippen LogP contribution in [0.25, 0.3) is 0 Å². The fourth-order valence-electron chi connectivity index (χ4n) is 3.30. The Kier molecular flexibility index (Phi) is 6.79. The van der Waals surface area contributed by atoms with Crippen molar-refractivity contribution >= 4 is 39.9 Å². The SMILES string of the molecule is CN(c1ccc(Cl)cc1)c1ccc(C(=O)c2cccc([S+]([O-])c3ccc(F)c(F)c3)c2)cc1. The minimum Gasteiger partial charge on any atom is -0.606 e. The van der Waals surface area contributed by atoms with Gasteiger partial charge in [-0.1, -0.05) is 23.7 Å². The molecule has 0 saturated carbocycles. The monoisotopic (exact) mass is 481 g/mol. The number of carbonyl (C=O) groups is 1. The summed E-state index contributed by atoms with van der Waals surface area (Å²) in [5.74, 6) is -2.32. The molecule has 0 fully saturated rings. The first-order chi connectivity index (χ1) is 15.8. The van der Waals surface area contributed by atoms with Crippen molar-refractivity contribution in [3.63, 3.8) is 0 Å². The smallest absolute Gasteiger partial charge is 0.193 e. The Bertz CT molecular complexity index is 1300. The topological polar surface area (TPSA) is 43.4 Å². The number of hydrogen-bond donors (Lipinski definition) is 0. The number of carbonyl (C=O) groups excluding carboxylic acids is 1. The van der Waals surface area contributed by atoms with Gasteiger partial charge in [0.05, 0.1) is 0 Å². The molecule has 0 heterocycles. The lowest BCUT2D eigenvalue weighted by Crippen LogP contribution is -2.10. The lowest BCUT2D eigenvalue weighted by atomic mass is 10.0. The van der Waals surface area contributed by atoms with E-state index in [0.29, 0.717) is 21.0 Å². The molecule has 4 aromatic carbocycles. The fraction of sp³-hybridized carbons (Fsp3) is 0.0385. The van der Waals surface area contributed by atoms with Gasteiger partial charge in [0, 0.05) is 57.9 Å². The van der Waals surface area contributed by atoms with Gasteiger partial charge in [0.2, 0.25) is 0 Å². The van der Waals surface area contributed by atoms with Gasteiger partial charge in [0.15, 0.2) is 27.2 Å². The molecule has 0 N–H and O–H groups in total. The van der Waals surface area contributed by atoms with E-state index < -0.39 is 22.8 Å². The molecule has 0 spiro atoms. The minimum atomic E-state index is -1.76. The highest BCUT2D eigenvalue weighted by Crippen LogP contribution is 2.27. The second-order valence-corrected chi connectivity index (χ2v) is 9.20. The second kappa shape index (κ2) is 9.75. The third-order valence-corrected chi connectivity index (χ3v) is 6.76. The van der Waals surface area contributed by atoms with Crippen molar-refractivity contribution in [2.24, 2.45) is 0 Å². The van der Waals surface area contributed by atoms with E-state index in [-0.39, 0.29) is 10.7 Å². The molecule has 0 aliphatic heterocycles. The summed E-state index contributed by atoms with van der Waals surface area (Å²) < 4.78 is 39.5. The van der Waals surface area contributed by atoms with Crippen LogP contribution < -0.4 is 4.90 Å². The summed E-state index contributed by atoms with van der Waals surface area (Å²) in [6.45, 7) is 0. The third-order valence-electron chi connectivity index (χ3n) is 5.15. The highest BCUT2D eigenvalue weighted by Gasteiger charge is 2.19. The number of ketones is 1. The largest absolute Gasteiger partial charge is 0.606 e. The Hall–Kier alpha value is -3.19. The summed E-state index contributed by atoms with van der Waals surface area (Å²) in [6, 6.07) is 24.0. The average Bonchev–Trinajstić information content (AvgIpc) is 2.85. The quantitative estimate of drug-likeness (QED) is 0.225. The molecule has 0 aliphatic carbocycles. The van der Waals surface area contributed by atoms with Crippen LogP contribution in [0.4, 0.5) is 20.2 Å². The summed E-state index contributed by atoms with van der Waals surface area (Å²) in [4.78, 5) is 15.4. The van der Waals surface area contributed by atoms with E-state index in [1.165, 1.54) is 12.1 Å². The van der Waals surface area contributed by atoms with Crippen LogP contribution in [-0.4, -0.2) is 17.4 Å². The number of anilines is 2. The summed E-state index contributed by atoms with van der Waals surface area (Å²) in [6.07, 6.45) is 0. The molecule has 4 rings (SSSR count). The van der Waals surface area contributed by atoms with E-state index in [4.69, 9.17) is 11.6 Å². The lowest BCUT2D eigenvalue weighted by molar-refractivity contribution is 0.103. The van der Waals surface area contributed by atoms with Gasteiger partial charge < -0.3 is 9.45 Å². The van der Waals surface area contributed by atoms with Crippen molar-refractivity contribution in [3.05, 3.63) is 119 Å². The second-order valence-electron chi connectivity index (χ2n) is 7.28. The highest BCUT2D eigenvalue weighted by molar-refractivity contribution is 7.91. The molecule has 7 heteroatoms. The zero-order valence-electron chi connectivity index (χ0n) is 17.5. The van der Waals surface area contributed by atoms with E-state index in [1.807, 2.05) is 48.3 Å². The summed E-state index contributed by atoms with van der Waals surface area (Å²) in [5.41, 5.74) is 2.66. The van der Waals surface area contributed by atoms with Crippen LogP contribution in [0.5, 0.6) is 0 Å². The molecule has 0 bridgehead atoms. The van der Waals surface area contributed by atoms with Crippen LogP contribution in [0, 0.1) is 11.6 Å². The normalized spacial score (nSPS) is 11.8. The minimum absolute atomic E-state index is 0.119. The Balaban J connectivity index is 1.54. The van der Waals surface area contributed by atoms with Crippen LogP contribution in [0.1, 0.15) is 15.9 Å². The van der Waals surface area contributed by atoms with Crippen molar-refractivity contribution < 1.29 is 18.1 Å². The maximum atomic E-state index is 13.5. The molecule has 0 amide bonds. The van der Waals surface area contributed by atoms with Gasteiger partial charge in [0.25, 0.3) is 0 Å². The Morgan fingerprint density at radius 1 is 0.788 bits per heavy atom. The molecule has 4 aromatic rings. The molecule has 166 valence electrons. The third kappa shape index (κ3) is 5.09. The van der Waals surface area contributed by atoms with E-state index in [9.17, 15) is 18.1 Å². The Morgan fingerprint density at radius 2 is 1.39 bits per heavy atom. The van der Waals surface area contributed by atoms with Gasteiger partial charge in [0.1, 0.15) is 0 Å². The Morgan fingerprint density at radius 3 is 2.03 bits per heavy atom. The van der Waals surface area contributed by atoms with Gasteiger partial charge in [-0.25, -0.2) is 8.78 Å². The Labute approximate surface area is 198 Å². The maximum absolute atomic E-state index is 13.5. The maximum Gasteiger partial charge on any atom is 0.193 e. The van der Waals surface area contributed by atoms with E-state index in [0.717, 1.165) is 23.5 Å². The van der Waals surface area contributed by atoms with Crippen molar-refractivity contribution in [2.45, 2.75) is 9.79 Å². The van der Waals surface area contributed by atoms with Gasteiger partial charge >= 0.3 is 0 Å². The molecule has 33 heavy (non-hydrogen) atoms. The summed E-state index contributed by atoms with van der Waals surface area (Å²) >= 11 is 4.19. The van der Waals surface area contributed by atoms with Gasteiger partial charge in [-0.05, 0) is 66.7 Å². The van der Waals surface area contributed by atoms with Crippen molar-refractivity contribution in [3.8, 4) is 0 Å². The molecular formula is C26H18ClF2NO2S. The number of rotatable bonds is 6. The van der Waals surface area contributed by atoms with Gasteiger partial charge in [-0.15, -0.1) is 0 Å². The van der Waals surface area contributed by atoms with Gasteiger partial charge in [-0.2, -0.15) is 0 Å². The molecule has 1 atom stereocenters. The zero-order valence-corrected chi connectivity index (χ0v) is 19.0. The van der Waals surface area contributed by atoms with Crippen LogP contribution in [0.15, 0.2) is 101 Å². The van der Waals surface area contributed by atoms with Crippen LogP contribution in [-0.2, 0) is 11.2 Å². The van der Waals surface area contributed by atoms with Gasteiger partial charge in [-0.3, -0.25) is 4.79 Å². The summed E-state index contributed by atoms with van der Waals surface area (Å²) in [7, 11) is 1.91. The van der Waals surface area contributed by atoms with E-state index in [1.54, 1.807) is 30.3 Å². The first-order valence-electron chi connectivity index (χ1n) is 9.94. The lowest BCUT2D eigenvalue weighted by Gasteiger charge is -2.19. The molecule has 0 saturated heterocycles. The average molecular weight is 482 g/mol. The molecule has 1 unspecified atom stereocenters. The number of halogens is 3. The first-order valence-corrected chi connectivity index (χ1v) is 11.5. The predicted octanol–water partition coefficient (Wildman–Crippen LogP) is 6.78.